The summed E-state index contributed by atoms with van der Waals surface area (Å²) in [6, 6.07) is 7.57. The van der Waals surface area contributed by atoms with Crippen molar-refractivity contribution in [2.24, 2.45) is 0 Å². The van der Waals surface area contributed by atoms with Gasteiger partial charge < -0.3 is 19.2 Å². The molecule has 29 heavy (non-hydrogen) atoms. The van der Waals surface area contributed by atoms with E-state index in [-0.39, 0.29) is 11.8 Å². The van der Waals surface area contributed by atoms with Crippen LogP contribution in [-0.4, -0.2) is 34.4 Å². The van der Waals surface area contributed by atoms with Crippen LogP contribution in [0.5, 0.6) is 0 Å². The van der Waals surface area contributed by atoms with Gasteiger partial charge in [0, 0.05) is 31.4 Å². The second kappa shape index (κ2) is 12.1. The number of amides is 2. The Morgan fingerprint density at radius 3 is 2.62 bits per heavy atom. The van der Waals surface area contributed by atoms with E-state index in [1.165, 1.54) is 12.8 Å². The van der Waals surface area contributed by atoms with E-state index in [1.54, 1.807) is 6.07 Å². The summed E-state index contributed by atoms with van der Waals surface area (Å²) in [5.41, 5.74) is 1.05. The summed E-state index contributed by atoms with van der Waals surface area (Å²) in [7, 11) is 0. The van der Waals surface area contributed by atoms with Gasteiger partial charge in [-0.1, -0.05) is 40.0 Å². The van der Waals surface area contributed by atoms with Gasteiger partial charge >= 0.3 is 0 Å². The van der Waals surface area contributed by atoms with E-state index in [1.807, 2.05) is 36.2 Å². The quantitative estimate of drug-likeness (QED) is 0.499. The molecule has 6 heteroatoms. The van der Waals surface area contributed by atoms with Crippen molar-refractivity contribution in [2.45, 2.75) is 72.4 Å². The van der Waals surface area contributed by atoms with Crippen LogP contribution in [0.3, 0.4) is 0 Å². The molecule has 2 amide bonds. The van der Waals surface area contributed by atoms with Gasteiger partial charge in [0.2, 0.25) is 5.91 Å². The molecular formula is C23H35N3O3. The maximum Gasteiger partial charge on any atom is 0.286 e. The zero-order valence-electron chi connectivity index (χ0n) is 18.1. The zero-order chi connectivity index (χ0) is 21.1. The third-order valence-electron chi connectivity index (χ3n) is 4.95. The molecule has 0 unspecified atom stereocenters. The lowest BCUT2D eigenvalue weighted by atomic mass is 10.2. The predicted molar refractivity (Wildman–Crippen MR) is 115 cm³/mol. The number of aromatic nitrogens is 1. The van der Waals surface area contributed by atoms with E-state index < -0.39 is 0 Å². The predicted octanol–water partition coefficient (Wildman–Crippen LogP) is 4.59. The van der Waals surface area contributed by atoms with Crippen LogP contribution in [0, 0.1) is 0 Å². The van der Waals surface area contributed by atoms with Crippen molar-refractivity contribution in [3.8, 4) is 0 Å². The summed E-state index contributed by atoms with van der Waals surface area (Å²) in [5, 5.41) is 2.92. The highest BCUT2D eigenvalue weighted by atomic mass is 16.4. The van der Waals surface area contributed by atoms with Crippen molar-refractivity contribution in [1.29, 1.82) is 0 Å². The van der Waals surface area contributed by atoms with Crippen LogP contribution in [0.4, 0.5) is 0 Å². The number of unbranched alkanes of at least 4 members (excludes halogenated alkanes) is 3. The van der Waals surface area contributed by atoms with E-state index in [9.17, 15) is 9.59 Å². The van der Waals surface area contributed by atoms with E-state index in [0.29, 0.717) is 31.8 Å². The van der Waals surface area contributed by atoms with Crippen molar-refractivity contribution < 1.29 is 14.0 Å². The molecule has 0 saturated carbocycles. The van der Waals surface area contributed by atoms with Gasteiger partial charge in [0.25, 0.3) is 5.91 Å². The number of rotatable bonds is 13. The first-order valence-electron chi connectivity index (χ1n) is 10.9. The van der Waals surface area contributed by atoms with Gasteiger partial charge in [0.1, 0.15) is 5.76 Å². The molecule has 0 radical (unpaired) electrons. The van der Waals surface area contributed by atoms with Crippen LogP contribution in [0.25, 0.3) is 0 Å². The Labute approximate surface area is 174 Å². The van der Waals surface area contributed by atoms with Gasteiger partial charge in [0.05, 0.1) is 13.1 Å². The number of carbonyl (C=O) groups excluding carboxylic acids is 2. The highest BCUT2D eigenvalue weighted by Gasteiger charge is 2.15. The molecule has 0 aliphatic carbocycles. The minimum atomic E-state index is -0.164. The molecule has 1 N–H and O–H groups in total. The van der Waals surface area contributed by atoms with Gasteiger partial charge in [-0.15, -0.1) is 0 Å². The Bertz CT molecular complexity index is 763. The molecule has 0 bridgehead atoms. The molecule has 0 spiro atoms. The summed E-state index contributed by atoms with van der Waals surface area (Å²) in [5.74, 6) is 1.07. The summed E-state index contributed by atoms with van der Waals surface area (Å²) >= 11 is 0. The Balaban J connectivity index is 1.94. The van der Waals surface area contributed by atoms with E-state index in [0.717, 1.165) is 37.3 Å². The number of furan rings is 1. The van der Waals surface area contributed by atoms with E-state index >= 15 is 0 Å². The first kappa shape index (κ1) is 22.8. The molecule has 2 heterocycles. The molecule has 2 rings (SSSR count). The maximum atomic E-state index is 12.2. The summed E-state index contributed by atoms with van der Waals surface area (Å²) in [4.78, 5) is 26.3. The van der Waals surface area contributed by atoms with Crippen LogP contribution in [0.1, 0.15) is 81.3 Å². The fourth-order valence-electron chi connectivity index (χ4n) is 3.32. The minimum Gasteiger partial charge on any atom is -0.454 e. The number of nitrogens with one attached hydrogen (secondary N) is 1. The number of carbonyl (C=O) groups is 2. The smallest absolute Gasteiger partial charge is 0.286 e. The number of hydrogen-bond donors (Lipinski definition) is 1. The largest absolute Gasteiger partial charge is 0.454 e. The summed E-state index contributed by atoms with van der Waals surface area (Å²) in [6.45, 7) is 8.68. The molecular weight excluding hydrogens is 366 g/mol. The topological polar surface area (TPSA) is 67.5 Å². The highest BCUT2D eigenvalue weighted by Crippen LogP contribution is 2.14. The first-order chi connectivity index (χ1) is 14.1. The van der Waals surface area contributed by atoms with E-state index in [4.69, 9.17) is 4.42 Å². The van der Waals surface area contributed by atoms with Crippen molar-refractivity contribution in [3.05, 3.63) is 47.7 Å². The lowest BCUT2D eigenvalue weighted by Gasteiger charge is -2.22. The Kier molecular flexibility index (Phi) is 9.54. The van der Waals surface area contributed by atoms with Gasteiger partial charge in [0.15, 0.2) is 5.76 Å². The molecule has 160 valence electrons. The molecule has 2 aromatic heterocycles. The van der Waals surface area contributed by atoms with Gasteiger partial charge in [-0.25, -0.2) is 0 Å². The standard InChI is InChI=1S/C23H35N3O3/c1-4-7-8-9-14-24-23(28)21-13-12-20(29-21)18-25-16-10-11-19(25)17-26(15-5-2)22(27)6-3/h10-13,16H,4-9,14-15,17-18H2,1-3H3,(H,24,28). The van der Waals surface area contributed by atoms with Crippen molar-refractivity contribution in [3.63, 3.8) is 0 Å². The van der Waals surface area contributed by atoms with Gasteiger partial charge in [-0.3, -0.25) is 9.59 Å². The fourth-order valence-corrected chi connectivity index (χ4v) is 3.32. The number of nitrogens with zero attached hydrogens (tertiary/aromatic N) is 2. The maximum absolute atomic E-state index is 12.2. The molecule has 0 atom stereocenters. The average molecular weight is 402 g/mol. The highest BCUT2D eigenvalue weighted by molar-refractivity contribution is 5.91. The Morgan fingerprint density at radius 2 is 1.90 bits per heavy atom. The molecule has 2 aromatic rings. The summed E-state index contributed by atoms with van der Waals surface area (Å²) in [6.07, 6.45) is 7.92. The SMILES string of the molecule is CCCCCCNC(=O)c1ccc(Cn2cccc2CN(CCC)C(=O)CC)o1. The fraction of sp³-hybridized carbons (Fsp3) is 0.565. The lowest BCUT2D eigenvalue weighted by molar-refractivity contribution is -0.131. The van der Waals surface area contributed by atoms with Crippen LogP contribution in [0.15, 0.2) is 34.9 Å². The van der Waals surface area contributed by atoms with Gasteiger partial charge in [-0.05, 0) is 37.1 Å². The normalized spacial score (nSPS) is 10.9. The first-order valence-corrected chi connectivity index (χ1v) is 10.9. The third-order valence-corrected chi connectivity index (χ3v) is 4.95. The zero-order valence-corrected chi connectivity index (χ0v) is 18.1. The van der Waals surface area contributed by atoms with Crippen LogP contribution in [0.2, 0.25) is 0 Å². The van der Waals surface area contributed by atoms with Crippen LogP contribution >= 0.6 is 0 Å². The van der Waals surface area contributed by atoms with Crippen molar-refractivity contribution >= 4 is 11.8 Å². The molecule has 0 fully saturated rings. The minimum absolute atomic E-state index is 0.162. The van der Waals surface area contributed by atoms with Crippen molar-refractivity contribution in [2.75, 3.05) is 13.1 Å². The Morgan fingerprint density at radius 1 is 1.07 bits per heavy atom. The molecule has 0 aliphatic heterocycles. The lowest BCUT2D eigenvalue weighted by Crippen LogP contribution is -2.31. The molecule has 0 aromatic carbocycles. The summed E-state index contributed by atoms with van der Waals surface area (Å²) < 4.78 is 7.83. The Hall–Kier alpha value is -2.50. The van der Waals surface area contributed by atoms with E-state index in [2.05, 4.69) is 23.7 Å². The van der Waals surface area contributed by atoms with Crippen molar-refractivity contribution in [1.82, 2.24) is 14.8 Å². The average Bonchev–Trinajstić information content (AvgIpc) is 3.37. The second-order valence-electron chi connectivity index (χ2n) is 7.38. The van der Waals surface area contributed by atoms with Crippen LogP contribution < -0.4 is 5.32 Å². The molecule has 0 aliphatic rings. The molecule has 0 saturated heterocycles. The second-order valence-corrected chi connectivity index (χ2v) is 7.38. The third kappa shape index (κ3) is 7.11. The number of hydrogen-bond acceptors (Lipinski definition) is 3. The molecule has 6 nitrogen and oxygen atoms in total. The van der Waals surface area contributed by atoms with Gasteiger partial charge in [-0.2, -0.15) is 0 Å². The monoisotopic (exact) mass is 401 g/mol. The van der Waals surface area contributed by atoms with Crippen LogP contribution in [-0.2, 0) is 17.9 Å².